The van der Waals surface area contributed by atoms with Gasteiger partial charge in [0.25, 0.3) is 0 Å². The van der Waals surface area contributed by atoms with Crippen molar-refractivity contribution in [3.05, 3.63) is 35.9 Å². The molecule has 0 aliphatic carbocycles. The Morgan fingerprint density at radius 2 is 1.88 bits per heavy atom. The summed E-state index contributed by atoms with van der Waals surface area (Å²) < 4.78 is 5.29. The summed E-state index contributed by atoms with van der Waals surface area (Å²) in [5.74, 6) is 0. The predicted molar refractivity (Wildman–Crippen MR) is 68.6 cm³/mol. The van der Waals surface area contributed by atoms with Gasteiger partial charge < -0.3 is 10.1 Å². The summed E-state index contributed by atoms with van der Waals surface area (Å²) in [6.07, 6.45) is 2.54. The van der Waals surface area contributed by atoms with Crippen molar-refractivity contribution < 1.29 is 4.74 Å². The first-order chi connectivity index (χ1) is 7.77. The lowest BCUT2D eigenvalue weighted by molar-refractivity contribution is 0.106. The molecule has 0 radical (unpaired) electrons. The number of hydrogen-bond acceptors (Lipinski definition) is 2. The van der Waals surface area contributed by atoms with Crippen molar-refractivity contribution in [1.29, 1.82) is 0 Å². The maximum atomic E-state index is 5.29. The molecular formula is C14H23NO. The lowest BCUT2D eigenvalue weighted by atomic mass is 10.0. The fourth-order valence-electron chi connectivity index (χ4n) is 1.84. The van der Waals surface area contributed by atoms with Gasteiger partial charge in [-0.25, -0.2) is 0 Å². The summed E-state index contributed by atoms with van der Waals surface area (Å²) in [6, 6.07) is 11.1. The van der Waals surface area contributed by atoms with Crippen LogP contribution in [0.2, 0.25) is 0 Å². The van der Waals surface area contributed by atoms with E-state index in [1.807, 2.05) is 0 Å². The van der Waals surface area contributed by atoms with Gasteiger partial charge in [0.1, 0.15) is 0 Å². The molecule has 0 amide bonds. The first-order valence-electron chi connectivity index (χ1n) is 6.09. The first-order valence-corrected chi connectivity index (χ1v) is 6.09. The van der Waals surface area contributed by atoms with E-state index in [0.717, 1.165) is 19.4 Å². The molecule has 0 fully saturated rings. The number of hydrogen-bond donors (Lipinski definition) is 1. The minimum absolute atomic E-state index is 0.338. The van der Waals surface area contributed by atoms with E-state index in [1.165, 1.54) is 5.56 Å². The van der Waals surface area contributed by atoms with Gasteiger partial charge in [0.05, 0.1) is 6.10 Å². The molecular weight excluding hydrogens is 198 g/mol. The molecule has 2 heteroatoms. The zero-order valence-corrected chi connectivity index (χ0v) is 10.6. The Bertz CT molecular complexity index is 273. The summed E-state index contributed by atoms with van der Waals surface area (Å²) in [7, 11) is 1.77. The average Bonchev–Trinajstić information content (AvgIpc) is 2.35. The molecule has 2 unspecified atom stereocenters. The molecule has 1 N–H and O–H groups in total. The molecule has 0 saturated heterocycles. The van der Waals surface area contributed by atoms with Crippen molar-refractivity contribution in [2.75, 3.05) is 13.7 Å². The van der Waals surface area contributed by atoms with Crippen molar-refractivity contribution >= 4 is 0 Å². The molecule has 0 aliphatic rings. The maximum Gasteiger partial charge on any atom is 0.0543 e. The highest BCUT2D eigenvalue weighted by Crippen LogP contribution is 2.19. The maximum absolute atomic E-state index is 5.29. The van der Waals surface area contributed by atoms with Crippen LogP contribution in [0.1, 0.15) is 38.3 Å². The van der Waals surface area contributed by atoms with E-state index in [-0.39, 0.29) is 0 Å². The van der Waals surface area contributed by atoms with Crippen LogP contribution in [0.4, 0.5) is 0 Å². The van der Waals surface area contributed by atoms with Gasteiger partial charge in [0.15, 0.2) is 0 Å². The zero-order valence-electron chi connectivity index (χ0n) is 10.6. The highest BCUT2D eigenvalue weighted by molar-refractivity contribution is 5.18. The predicted octanol–water partition coefficient (Wildman–Crippen LogP) is 3.15. The van der Waals surface area contributed by atoms with E-state index < -0.39 is 0 Å². The highest BCUT2D eigenvalue weighted by atomic mass is 16.5. The fourth-order valence-corrected chi connectivity index (χ4v) is 1.84. The molecule has 1 rings (SSSR count). The number of methoxy groups -OCH3 is 1. The monoisotopic (exact) mass is 221 g/mol. The second-order valence-corrected chi connectivity index (χ2v) is 4.14. The van der Waals surface area contributed by atoms with Crippen molar-refractivity contribution in [2.24, 2.45) is 0 Å². The Hall–Kier alpha value is -0.860. The third kappa shape index (κ3) is 4.33. The Morgan fingerprint density at radius 1 is 1.19 bits per heavy atom. The van der Waals surface area contributed by atoms with E-state index in [1.54, 1.807) is 7.11 Å². The van der Waals surface area contributed by atoms with Gasteiger partial charge in [-0.1, -0.05) is 37.3 Å². The van der Waals surface area contributed by atoms with Gasteiger partial charge >= 0.3 is 0 Å². The Balaban J connectivity index is 2.54. The number of ether oxygens (including phenoxy) is 1. The van der Waals surface area contributed by atoms with Crippen molar-refractivity contribution in [1.82, 2.24) is 5.32 Å². The van der Waals surface area contributed by atoms with Gasteiger partial charge in [0.2, 0.25) is 0 Å². The van der Waals surface area contributed by atoms with Crippen molar-refractivity contribution in [3.63, 3.8) is 0 Å². The largest absolute Gasteiger partial charge is 0.382 e. The van der Waals surface area contributed by atoms with Gasteiger partial charge in [-0.05, 0) is 31.9 Å². The second-order valence-electron chi connectivity index (χ2n) is 4.14. The van der Waals surface area contributed by atoms with Crippen LogP contribution in [0.15, 0.2) is 30.3 Å². The summed E-state index contributed by atoms with van der Waals surface area (Å²) in [5.41, 5.74) is 1.37. The van der Waals surface area contributed by atoms with Crippen molar-refractivity contribution in [2.45, 2.75) is 38.8 Å². The quantitative estimate of drug-likeness (QED) is 0.763. The molecule has 16 heavy (non-hydrogen) atoms. The zero-order chi connectivity index (χ0) is 11.8. The van der Waals surface area contributed by atoms with E-state index in [9.17, 15) is 0 Å². The minimum atomic E-state index is 0.338. The summed E-state index contributed by atoms with van der Waals surface area (Å²) in [4.78, 5) is 0. The van der Waals surface area contributed by atoms with Gasteiger partial charge in [0, 0.05) is 13.2 Å². The fraction of sp³-hybridized carbons (Fsp3) is 0.571. The smallest absolute Gasteiger partial charge is 0.0543 e. The molecule has 1 aromatic carbocycles. The molecule has 2 atom stereocenters. The minimum Gasteiger partial charge on any atom is -0.382 e. The lowest BCUT2D eigenvalue weighted by Crippen LogP contribution is -2.22. The number of benzene rings is 1. The summed E-state index contributed by atoms with van der Waals surface area (Å²) in [5, 5.41) is 3.52. The highest BCUT2D eigenvalue weighted by Gasteiger charge is 2.11. The Labute approximate surface area is 99.0 Å². The van der Waals surface area contributed by atoms with Crippen LogP contribution in [0.3, 0.4) is 0 Å². The van der Waals surface area contributed by atoms with Crippen LogP contribution in [-0.4, -0.2) is 19.8 Å². The van der Waals surface area contributed by atoms with Crippen LogP contribution < -0.4 is 5.32 Å². The molecule has 0 saturated carbocycles. The standard InChI is InChI=1S/C14H23NO/c1-4-15-14(11-10-12(2)16-3)13-8-6-5-7-9-13/h5-9,12,14-15H,4,10-11H2,1-3H3. The normalized spacial score (nSPS) is 14.7. The van der Waals surface area contributed by atoms with E-state index >= 15 is 0 Å². The van der Waals surface area contributed by atoms with E-state index in [2.05, 4.69) is 49.5 Å². The second kappa shape index (κ2) is 7.42. The molecule has 0 aromatic heterocycles. The Kier molecular flexibility index (Phi) is 6.12. The SMILES string of the molecule is CCNC(CCC(C)OC)c1ccccc1. The lowest BCUT2D eigenvalue weighted by Gasteiger charge is -2.20. The molecule has 2 nitrogen and oxygen atoms in total. The average molecular weight is 221 g/mol. The number of nitrogens with one attached hydrogen (secondary N) is 1. The molecule has 1 aromatic rings. The van der Waals surface area contributed by atoms with E-state index in [0.29, 0.717) is 12.1 Å². The third-order valence-electron chi connectivity index (χ3n) is 2.92. The summed E-state index contributed by atoms with van der Waals surface area (Å²) in [6.45, 7) is 5.27. The van der Waals surface area contributed by atoms with Gasteiger partial charge in [-0.15, -0.1) is 0 Å². The van der Waals surface area contributed by atoms with E-state index in [4.69, 9.17) is 4.74 Å². The van der Waals surface area contributed by atoms with Crippen LogP contribution in [0.5, 0.6) is 0 Å². The van der Waals surface area contributed by atoms with Crippen molar-refractivity contribution in [3.8, 4) is 0 Å². The third-order valence-corrected chi connectivity index (χ3v) is 2.92. The van der Waals surface area contributed by atoms with Crippen LogP contribution >= 0.6 is 0 Å². The molecule has 0 bridgehead atoms. The Morgan fingerprint density at radius 3 is 2.44 bits per heavy atom. The topological polar surface area (TPSA) is 21.3 Å². The first kappa shape index (κ1) is 13.2. The number of rotatable bonds is 7. The van der Waals surface area contributed by atoms with Gasteiger partial charge in [-0.3, -0.25) is 0 Å². The molecule has 0 heterocycles. The molecule has 0 spiro atoms. The van der Waals surface area contributed by atoms with Crippen LogP contribution in [-0.2, 0) is 4.74 Å². The van der Waals surface area contributed by atoms with Crippen LogP contribution in [0, 0.1) is 0 Å². The van der Waals surface area contributed by atoms with Crippen LogP contribution in [0.25, 0.3) is 0 Å². The molecule has 0 aliphatic heterocycles. The van der Waals surface area contributed by atoms with Gasteiger partial charge in [-0.2, -0.15) is 0 Å². The summed E-state index contributed by atoms with van der Waals surface area (Å²) >= 11 is 0. The molecule has 90 valence electrons.